The molecule has 0 radical (unpaired) electrons. The minimum absolute atomic E-state index is 1.14. The molecule has 0 atom stereocenters. The SMILES string of the molecule is C1=CCC=C1.C=CCCCC. The van der Waals surface area contributed by atoms with Crippen molar-refractivity contribution in [1.82, 2.24) is 0 Å². The first kappa shape index (κ1) is 10.2. The van der Waals surface area contributed by atoms with E-state index in [1.165, 1.54) is 19.3 Å². The van der Waals surface area contributed by atoms with Gasteiger partial charge in [-0.3, -0.25) is 0 Å². The van der Waals surface area contributed by atoms with E-state index < -0.39 is 0 Å². The molecule has 0 aliphatic heterocycles. The Morgan fingerprint density at radius 1 is 1.36 bits per heavy atom. The maximum atomic E-state index is 3.60. The fourth-order valence-electron chi connectivity index (χ4n) is 0.741. The summed E-state index contributed by atoms with van der Waals surface area (Å²) in [7, 11) is 0. The fraction of sp³-hybridized carbons (Fsp3) is 0.455. The molecule has 0 saturated heterocycles. The standard InChI is InChI=1S/C6H12.C5H6/c1-3-5-6-4-2;1-2-4-5-3-1/h3H,1,4-6H2,2H3;1-4H,5H2. The molecule has 1 rings (SSSR count). The summed E-state index contributed by atoms with van der Waals surface area (Å²) in [5, 5.41) is 0. The molecule has 0 N–H and O–H groups in total. The van der Waals surface area contributed by atoms with Crippen molar-refractivity contribution in [3.8, 4) is 0 Å². The minimum Gasteiger partial charge on any atom is -0.103 e. The van der Waals surface area contributed by atoms with E-state index in [0.717, 1.165) is 6.42 Å². The van der Waals surface area contributed by atoms with Crippen LogP contribution in [-0.2, 0) is 0 Å². The minimum atomic E-state index is 1.14. The Morgan fingerprint density at radius 3 is 2.18 bits per heavy atom. The molecule has 0 aromatic rings. The van der Waals surface area contributed by atoms with E-state index in [1.54, 1.807) is 0 Å². The third-order valence-electron chi connectivity index (χ3n) is 1.42. The van der Waals surface area contributed by atoms with E-state index in [9.17, 15) is 0 Å². The Bertz CT molecular complexity index is 119. The third kappa shape index (κ3) is 9.22. The monoisotopic (exact) mass is 150 g/mol. The third-order valence-corrected chi connectivity index (χ3v) is 1.42. The molecule has 0 saturated carbocycles. The van der Waals surface area contributed by atoms with Crippen LogP contribution in [0.25, 0.3) is 0 Å². The van der Waals surface area contributed by atoms with Crippen LogP contribution in [-0.4, -0.2) is 0 Å². The molecule has 0 nitrogen and oxygen atoms in total. The van der Waals surface area contributed by atoms with E-state index in [2.05, 4.69) is 37.8 Å². The molecule has 0 unspecified atom stereocenters. The molecule has 0 fully saturated rings. The molecule has 0 aromatic heterocycles. The maximum absolute atomic E-state index is 3.60. The summed E-state index contributed by atoms with van der Waals surface area (Å²) >= 11 is 0. The quantitative estimate of drug-likeness (QED) is 0.423. The molecule has 0 aromatic carbocycles. The zero-order valence-corrected chi connectivity index (χ0v) is 7.42. The average Bonchev–Trinajstić information content (AvgIpc) is 2.57. The van der Waals surface area contributed by atoms with Crippen molar-refractivity contribution in [3.63, 3.8) is 0 Å². The van der Waals surface area contributed by atoms with Crippen LogP contribution < -0.4 is 0 Å². The second-order valence-corrected chi connectivity index (χ2v) is 2.52. The topological polar surface area (TPSA) is 0 Å². The summed E-state index contributed by atoms with van der Waals surface area (Å²) in [5.74, 6) is 0. The highest BCUT2D eigenvalue weighted by molar-refractivity contribution is 5.11. The van der Waals surface area contributed by atoms with Gasteiger partial charge in [0.05, 0.1) is 0 Å². The molecule has 0 bridgehead atoms. The number of hydrogen-bond acceptors (Lipinski definition) is 0. The fourth-order valence-corrected chi connectivity index (χ4v) is 0.741. The van der Waals surface area contributed by atoms with E-state index in [4.69, 9.17) is 0 Å². The summed E-state index contributed by atoms with van der Waals surface area (Å²) in [4.78, 5) is 0. The number of hydrogen-bond donors (Lipinski definition) is 0. The summed E-state index contributed by atoms with van der Waals surface area (Å²) in [5.41, 5.74) is 0. The summed E-state index contributed by atoms with van der Waals surface area (Å²) in [6.07, 6.45) is 15.2. The first-order chi connectivity index (χ1) is 5.41. The number of unbranched alkanes of at least 4 members (excludes halogenated alkanes) is 2. The molecule has 11 heavy (non-hydrogen) atoms. The Morgan fingerprint density at radius 2 is 2.00 bits per heavy atom. The van der Waals surface area contributed by atoms with Crippen molar-refractivity contribution >= 4 is 0 Å². The van der Waals surface area contributed by atoms with Crippen LogP contribution in [0.3, 0.4) is 0 Å². The van der Waals surface area contributed by atoms with Gasteiger partial charge in [0, 0.05) is 0 Å². The molecule has 1 aliphatic rings. The lowest BCUT2D eigenvalue weighted by Crippen LogP contribution is -1.61. The van der Waals surface area contributed by atoms with Gasteiger partial charge in [0.2, 0.25) is 0 Å². The van der Waals surface area contributed by atoms with Crippen molar-refractivity contribution in [2.24, 2.45) is 0 Å². The molecule has 1 aliphatic carbocycles. The van der Waals surface area contributed by atoms with Gasteiger partial charge in [-0.2, -0.15) is 0 Å². The molecule has 0 spiro atoms. The van der Waals surface area contributed by atoms with Gasteiger partial charge in [-0.1, -0.05) is 50.1 Å². The van der Waals surface area contributed by atoms with Crippen LogP contribution in [0, 0.1) is 0 Å². The first-order valence-corrected chi connectivity index (χ1v) is 4.34. The molecule has 0 amide bonds. The van der Waals surface area contributed by atoms with Gasteiger partial charge in [-0.05, 0) is 12.8 Å². The summed E-state index contributed by atoms with van der Waals surface area (Å²) < 4.78 is 0. The van der Waals surface area contributed by atoms with Crippen LogP contribution in [0.15, 0.2) is 37.0 Å². The molecular formula is C11H18. The molecule has 0 heterocycles. The van der Waals surface area contributed by atoms with E-state index in [1.807, 2.05) is 6.08 Å². The molecule has 0 heteroatoms. The normalized spacial score (nSPS) is 12.5. The van der Waals surface area contributed by atoms with E-state index >= 15 is 0 Å². The summed E-state index contributed by atoms with van der Waals surface area (Å²) in [6, 6.07) is 0. The Kier molecular flexibility index (Phi) is 8.57. The lowest BCUT2D eigenvalue weighted by Gasteiger charge is -1.81. The van der Waals surface area contributed by atoms with E-state index in [-0.39, 0.29) is 0 Å². The van der Waals surface area contributed by atoms with Crippen molar-refractivity contribution in [2.45, 2.75) is 32.6 Å². The van der Waals surface area contributed by atoms with Crippen LogP contribution in [0.2, 0.25) is 0 Å². The largest absolute Gasteiger partial charge is 0.103 e. The van der Waals surface area contributed by atoms with Crippen LogP contribution in [0.1, 0.15) is 32.6 Å². The lowest BCUT2D eigenvalue weighted by molar-refractivity contribution is 0.816. The summed E-state index contributed by atoms with van der Waals surface area (Å²) in [6.45, 7) is 5.78. The highest BCUT2D eigenvalue weighted by atomic mass is 13.8. The van der Waals surface area contributed by atoms with Gasteiger partial charge in [-0.25, -0.2) is 0 Å². The van der Waals surface area contributed by atoms with Crippen molar-refractivity contribution in [1.29, 1.82) is 0 Å². The Hall–Kier alpha value is -0.780. The van der Waals surface area contributed by atoms with Crippen molar-refractivity contribution in [2.75, 3.05) is 0 Å². The zero-order valence-electron chi connectivity index (χ0n) is 7.42. The van der Waals surface area contributed by atoms with Crippen molar-refractivity contribution in [3.05, 3.63) is 37.0 Å². The Labute approximate surface area is 70.3 Å². The number of allylic oxidation sites excluding steroid dienone is 5. The van der Waals surface area contributed by atoms with Crippen LogP contribution in [0.4, 0.5) is 0 Å². The predicted octanol–water partition coefficient (Wildman–Crippen LogP) is 3.87. The van der Waals surface area contributed by atoms with Gasteiger partial charge in [0.15, 0.2) is 0 Å². The predicted molar refractivity (Wildman–Crippen MR) is 52.6 cm³/mol. The van der Waals surface area contributed by atoms with Gasteiger partial charge in [0.25, 0.3) is 0 Å². The molecular weight excluding hydrogens is 132 g/mol. The van der Waals surface area contributed by atoms with Crippen molar-refractivity contribution < 1.29 is 0 Å². The lowest BCUT2D eigenvalue weighted by atomic mass is 10.3. The zero-order chi connectivity index (χ0) is 8.36. The average molecular weight is 150 g/mol. The molecule has 62 valence electrons. The number of rotatable bonds is 3. The van der Waals surface area contributed by atoms with Crippen LogP contribution >= 0.6 is 0 Å². The van der Waals surface area contributed by atoms with Gasteiger partial charge in [-0.15, -0.1) is 6.58 Å². The van der Waals surface area contributed by atoms with Gasteiger partial charge >= 0.3 is 0 Å². The van der Waals surface area contributed by atoms with E-state index in [0.29, 0.717) is 0 Å². The van der Waals surface area contributed by atoms with Gasteiger partial charge < -0.3 is 0 Å². The van der Waals surface area contributed by atoms with Gasteiger partial charge in [0.1, 0.15) is 0 Å². The second-order valence-electron chi connectivity index (χ2n) is 2.52. The smallest absolute Gasteiger partial charge is 0.0163 e. The maximum Gasteiger partial charge on any atom is -0.0163 e. The second kappa shape index (κ2) is 9.22. The first-order valence-electron chi connectivity index (χ1n) is 4.34. The van der Waals surface area contributed by atoms with Crippen LogP contribution in [0.5, 0.6) is 0 Å². The highest BCUT2D eigenvalue weighted by Crippen LogP contribution is 1.93. The Balaban J connectivity index is 0.000000183. The highest BCUT2D eigenvalue weighted by Gasteiger charge is 1.72.